The summed E-state index contributed by atoms with van der Waals surface area (Å²) in [6, 6.07) is 12.9. The standard InChI is InChI=1S/C18H13N5O4/c24-18(14-2-1-9-19-11-14)22-21-10-13-3-6-16(7-4-13)27-17-8-5-15(12-20-17)23(25)26/h1-12H,(H,22,24)/b21-10+. The van der Waals surface area contributed by atoms with Crippen molar-refractivity contribution < 1.29 is 14.5 Å². The molecule has 3 aromatic rings. The zero-order valence-corrected chi connectivity index (χ0v) is 13.9. The van der Waals surface area contributed by atoms with Gasteiger partial charge in [0.15, 0.2) is 0 Å². The van der Waals surface area contributed by atoms with Crippen LogP contribution in [0.2, 0.25) is 0 Å². The number of carbonyl (C=O) groups is 1. The Kier molecular flexibility index (Phi) is 5.43. The Balaban J connectivity index is 1.56. The summed E-state index contributed by atoms with van der Waals surface area (Å²) < 4.78 is 5.51. The smallest absolute Gasteiger partial charge is 0.287 e. The summed E-state index contributed by atoms with van der Waals surface area (Å²) in [7, 11) is 0. The summed E-state index contributed by atoms with van der Waals surface area (Å²) in [5.41, 5.74) is 3.45. The number of ether oxygens (including phenoxy) is 1. The third-order valence-corrected chi connectivity index (χ3v) is 3.34. The SMILES string of the molecule is O=C(N/N=C/c1ccc(Oc2ccc([N+](=O)[O-])cn2)cc1)c1cccnc1. The minimum Gasteiger partial charge on any atom is -0.439 e. The Labute approximate surface area is 153 Å². The molecule has 0 unspecified atom stereocenters. The van der Waals surface area contributed by atoms with Crippen LogP contribution >= 0.6 is 0 Å². The van der Waals surface area contributed by atoms with Crippen molar-refractivity contribution in [1.82, 2.24) is 15.4 Å². The molecule has 134 valence electrons. The van der Waals surface area contributed by atoms with Crippen molar-refractivity contribution in [1.29, 1.82) is 0 Å². The van der Waals surface area contributed by atoms with Gasteiger partial charge in [0, 0.05) is 24.5 Å². The number of nitrogens with zero attached hydrogens (tertiary/aromatic N) is 4. The molecule has 2 heterocycles. The number of nitro groups is 1. The van der Waals surface area contributed by atoms with E-state index in [-0.39, 0.29) is 17.5 Å². The van der Waals surface area contributed by atoms with E-state index in [0.29, 0.717) is 11.3 Å². The lowest BCUT2D eigenvalue weighted by atomic mass is 10.2. The van der Waals surface area contributed by atoms with Crippen molar-refractivity contribution in [3.05, 3.63) is 88.4 Å². The number of hydrogen-bond acceptors (Lipinski definition) is 7. The molecule has 27 heavy (non-hydrogen) atoms. The Hall–Kier alpha value is -4.14. The molecule has 0 radical (unpaired) electrons. The number of aromatic nitrogens is 2. The fraction of sp³-hybridized carbons (Fsp3) is 0. The molecule has 3 rings (SSSR count). The van der Waals surface area contributed by atoms with E-state index in [0.717, 1.165) is 11.8 Å². The largest absolute Gasteiger partial charge is 0.439 e. The highest BCUT2D eigenvalue weighted by Crippen LogP contribution is 2.21. The second-order valence-electron chi connectivity index (χ2n) is 5.22. The minimum absolute atomic E-state index is 0.109. The van der Waals surface area contributed by atoms with Crippen molar-refractivity contribution in [2.75, 3.05) is 0 Å². The summed E-state index contributed by atoms with van der Waals surface area (Å²) in [5.74, 6) is 0.391. The number of benzene rings is 1. The Morgan fingerprint density at radius 3 is 2.59 bits per heavy atom. The van der Waals surface area contributed by atoms with Gasteiger partial charge in [0.1, 0.15) is 11.9 Å². The van der Waals surface area contributed by atoms with Gasteiger partial charge in [-0.25, -0.2) is 10.4 Å². The van der Waals surface area contributed by atoms with E-state index in [1.165, 1.54) is 24.5 Å². The highest BCUT2D eigenvalue weighted by atomic mass is 16.6. The number of rotatable bonds is 6. The second-order valence-corrected chi connectivity index (χ2v) is 5.22. The van der Waals surface area contributed by atoms with E-state index in [1.54, 1.807) is 42.6 Å². The van der Waals surface area contributed by atoms with Crippen molar-refractivity contribution >= 4 is 17.8 Å². The number of hydrazone groups is 1. The predicted octanol–water partition coefficient (Wildman–Crippen LogP) is 2.94. The van der Waals surface area contributed by atoms with Gasteiger partial charge >= 0.3 is 0 Å². The van der Waals surface area contributed by atoms with Crippen LogP contribution in [0.25, 0.3) is 0 Å². The predicted molar refractivity (Wildman–Crippen MR) is 96.7 cm³/mol. The number of amides is 1. The second kappa shape index (κ2) is 8.30. The minimum atomic E-state index is -0.530. The maximum atomic E-state index is 11.8. The highest BCUT2D eigenvalue weighted by Gasteiger charge is 2.06. The molecular weight excluding hydrogens is 350 g/mol. The molecular formula is C18H13N5O4. The zero-order chi connectivity index (χ0) is 19.1. The van der Waals surface area contributed by atoms with E-state index in [9.17, 15) is 14.9 Å². The third-order valence-electron chi connectivity index (χ3n) is 3.34. The van der Waals surface area contributed by atoms with Gasteiger partial charge < -0.3 is 4.74 Å². The van der Waals surface area contributed by atoms with Gasteiger partial charge in [-0.05, 0) is 42.0 Å². The first kappa shape index (κ1) is 17.7. The summed E-state index contributed by atoms with van der Waals surface area (Å²) in [6.07, 6.45) is 5.64. The van der Waals surface area contributed by atoms with Crippen LogP contribution < -0.4 is 10.2 Å². The Morgan fingerprint density at radius 1 is 1.15 bits per heavy atom. The third kappa shape index (κ3) is 4.92. The zero-order valence-electron chi connectivity index (χ0n) is 13.9. The Morgan fingerprint density at radius 2 is 1.96 bits per heavy atom. The molecule has 9 heteroatoms. The molecule has 0 aliphatic rings. The normalized spacial score (nSPS) is 10.5. The van der Waals surface area contributed by atoms with Crippen LogP contribution in [-0.4, -0.2) is 27.0 Å². The van der Waals surface area contributed by atoms with Crippen LogP contribution in [0, 0.1) is 10.1 Å². The van der Waals surface area contributed by atoms with Gasteiger partial charge in [-0.3, -0.25) is 19.9 Å². The van der Waals surface area contributed by atoms with E-state index < -0.39 is 4.92 Å². The van der Waals surface area contributed by atoms with Crippen LogP contribution in [-0.2, 0) is 0 Å². The van der Waals surface area contributed by atoms with Crippen LogP contribution in [0.5, 0.6) is 11.6 Å². The topological polar surface area (TPSA) is 120 Å². The molecule has 0 spiro atoms. The lowest BCUT2D eigenvalue weighted by Gasteiger charge is -2.04. The fourth-order valence-corrected chi connectivity index (χ4v) is 2.01. The lowest BCUT2D eigenvalue weighted by Crippen LogP contribution is -2.17. The molecule has 0 aliphatic carbocycles. The molecule has 0 saturated heterocycles. The van der Waals surface area contributed by atoms with Crippen molar-refractivity contribution in [2.45, 2.75) is 0 Å². The van der Waals surface area contributed by atoms with Crippen molar-refractivity contribution in [3.63, 3.8) is 0 Å². The fourth-order valence-electron chi connectivity index (χ4n) is 2.01. The van der Waals surface area contributed by atoms with E-state index in [4.69, 9.17) is 4.74 Å². The number of nitrogens with one attached hydrogen (secondary N) is 1. The van der Waals surface area contributed by atoms with E-state index >= 15 is 0 Å². The van der Waals surface area contributed by atoms with Crippen LogP contribution in [0.3, 0.4) is 0 Å². The molecule has 1 N–H and O–H groups in total. The quantitative estimate of drug-likeness (QED) is 0.408. The molecule has 0 fully saturated rings. The summed E-state index contributed by atoms with van der Waals surface area (Å²) in [5, 5.41) is 14.5. The maximum absolute atomic E-state index is 11.8. The monoisotopic (exact) mass is 363 g/mol. The molecule has 1 aromatic carbocycles. The van der Waals surface area contributed by atoms with Gasteiger partial charge in [-0.1, -0.05) is 0 Å². The number of pyridine rings is 2. The average Bonchev–Trinajstić information content (AvgIpc) is 2.70. The molecule has 1 amide bonds. The molecule has 0 saturated carbocycles. The van der Waals surface area contributed by atoms with Gasteiger partial charge in [-0.2, -0.15) is 5.10 Å². The van der Waals surface area contributed by atoms with Crippen molar-refractivity contribution in [2.24, 2.45) is 5.10 Å². The van der Waals surface area contributed by atoms with Crippen molar-refractivity contribution in [3.8, 4) is 11.6 Å². The van der Waals surface area contributed by atoms with Gasteiger partial charge in [-0.15, -0.1) is 0 Å². The first-order valence-corrected chi connectivity index (χ1v) is 7.73. The summed E-state index contributed by atoms with van der Waals surface area (Å²) in [4.78, 5) is 29.6. The van der Waals surface area contributed by atoms with Gasteiger partial charge in [0.25, 0.3) is 11.6 Å². The van der Waals surface area contributed by atoms with Crippen LogP contribution in [0.15, 0.2) is 72.2 Å². The molecule has 0 bridgehead atoms. The molecule has 2 aromatic heterocycles. The summed E-state index contributed by atoms with van der Waals surface area (Å²) in [6.45, 7) is 0. The highest BCUT2D eigenvalue weighted by molar-refractivity contribution is 5.94. The maximum Gasteiger partial charge on any atom is 0.287 e. The number of carbonyl (C=O) groups excluding carboxylic acids is 1. The van der Waals surface area contributed by atoms with Crippen LogP contribution in [0.4, 0.5) is 5.69 Å². The van der Waals surface area contributed by atoms with Gasteiger partial charge in [0.05, 0.1) is 16.7 Å². The molecule has 0 atom stereocenters. The summed E-state index contributed by atoms with van der Waals surface area (Å²) >= 11 is 0. The molecule has 0 aliphatic heterocycles. The van der Waals surface area contributed by atoms with Gasteiger partial charge in [0.2, 0.25) is 5.88 Å². The Bertz CT molecular complexity index is 957. The first-order valence-electron chi connectivity index (χ1n) is 7.73. The molecule has 9 nitrogen and oxygen atoms in total. The lowest BCUT2D eigenvalue weighted by molar-refractivity contribution is -0.385. The number of hydrogen-bond donors (Lipinski definition) is 1. The van der Waals surface area contributed by atoms with Crippen LogP contribution in [0.1, 0.15) is 15.9 Å². The first-order chi connectivity index (χ1) is 13.1. The van der Waals surface area contributed by atoms with E-state index in [1.807, 2.05) is 0 Å². The van der Waals surface area contributed by atoms with E-state index in [2.05, 4.69) is 20.5 Å². The average molecular weight is 363 g/mol.